The van der Waals surface area contributed by atoms with E-state index in [0.29, 0.717) is 66.1 Å². The van der Waals surface area contributed by atoms with E-state index < -0.39 is 11.6 Å². The van der Waals surface area contributed by atoms with Gasteiger partial charge in [-0.3, -0.25) is 0 Å². The van der Waals surface area contributed by atoms with E-state index in [2.05, 4.69) is 11.7 Å². The number of nitrogens with zero attached hydrogens (tertiary/aromatic N) is 2. The van der Waals surface area contributed by atoms with Crippen molar-refractivity contribution in [1.82, 2.24) is 0 Å². The number of carbonyl (C=O) groups is 1. The lowest BCUT2D eigenvalue weighted by Gasteiger charge is -2.33. The predicted octanol–water partition coefficient (Wildman–Crippen LogP) is 6.07. The highest BCUT2D eigenvalue weighted by Gasteiger charge is 2.42. The third-order valence-electron chi connectivity index (χ3n) is 6.38. The summed E-state index contributed by atoms with van der Waals surface area (Å²) in [6, 6.07) is 12.2. The quantitative estimate of drug-likeness (QED) is 0.203. The van der Waals surface area contributed by atoms with Crippen LogP contribution in [0.15, 0.2) is 84.0 Å². The number of aliphatic carboxylic acids is 1. The number of anilines is 1. The molecule has 4 rings (SSSR count). The van der Waals surface area contributed by atoms with E-state index in [1.54, 1.807) is 42.5 Å². The fourth-order valence-electron chi connectivity index (χ4n) is 4.31. The van der Waals surface area contributed by atoms with Crippen LogP contribution in [0.5, 0.6) is 17.2 Å². The second-order valence-electron chi connectivity index (χ2n) is 9.17. The molecule has 0 heterocycles. The van der Waals surface area contributed by atoms with Crippen molar-refractivity contribution < 1.29 is 24.1 Å². The molecule has 0 radical (unpaired) electrons. The average Bonchev–Trinajstić information content (AvgIpc) is 2.92. The number of allylic oxidation sites excluding steroid dienone is 5. The second kappa shape index (κ2) is 12.7. The maximum absolute atomic E-state index is 11.8. The van der Waals surface area contributed by atoms with Gasteiger partial charge in [0.15, 0.2) is 0 Å². The summed E-state index contributed by atoms with van der Waals surface area (Å²) in [6.45, 7) is 4.78. The molecule has 2 aliphatic carbocycles. The van der Waals surface area contributed by atoms with Gasteiger partial charge < -0.3 is 19.3 Å². The normalized spacial score (nSPS) is 17.3. The number of hydrogen-bond acceptors (Lipinski definition) is 7. The number of carboxylic acids is 1. The molecule has 3 N–H and O–H groups in total. The summed E-state index contributed by atoms with van der Waals surface area (Å²) in [5.41, 5.74) is 0.776. The molecule has 0 spiro atoms. The van der Waals surface area contributed by atoms with Gasteiger partial charge in [0.05, 0.1) is 18.9 Å². The summed E-state index contributed by atoms with van der Waals surface area (Å²) in [7, 11) is 0. The third-order valence-corrected chi connectivity index (χ3v) is 6.61. The predicted molar refractivity (Wildman–Crippen MR) is 149 cm³/mol. The standard InChI is InChI=1S/C29H32ClN3O5/c1-21-8-3-4-9-25(21)32-33(31)26-20-22(30)10-15-27(26)37-19-7-18-36-23-11-13-24(14-12-23)38-29(28(34)35)16-5-2-6-17-29/h3-4,8-15,20H,1-2,5-7,16-19,31H2,(H,34,35)/b32-25-. The summed E-state index contributed by atoms with van der Waals surface area (Å²) in [6.07, 6.45) is 11.8. The van der Waals surface area contributed by atoms with Crippen LogP contribution in [0.3, 0.4) is 0 Å². The van der Waals surface area contributed by atoms with E-state index in [9.17, 15) is 9.90 Å². The van der Waals surface area contributed by atoms with Crippen LogP contribution in [0.1, 0.15) is 38.5 Å². The zero-order valence-electron chi connectivity index (χ0n) is 21.1. The fraction of sp³-hybridized carbons (Fsp3) is 0.310. The Morgan fingerprint density at radius 3 is 2.42 bits per heavy atom. The van der Waals surface area contributed by atoms with Crippen molar-refractivity contribution in [2.45, 2.75) is 44.1 Å². The Hall–Kier alpha value is -3.75. The molecule has 0 atom stereocenters. The van der Waals surface area contributed by atoms with Crippen molar-refractivity contribution in [3.63, 3.8) is 0 Å². The molecule has 0 unspecified atom stereocenters. The first-order valence-electron chi connectivity index (χ1n) is 12.6. The Labute approximate surface area is 227 Å². The van der Waals surface area contributed by atoms with E-state index >= 15 is 0 Å². The van der Waals surface area contributed by atoms with Gasteiger partial charge in [-0.25, -0.2) is 10.6 Å². The molecule has 0 aliphatic heterocycles. The molecule has 8 nitrogen and oxygen atoms in total. The molecule has 38 heavy (non-hydrogen) atoms. The number of ether oxygens (including phenoxy) is 3. The number of halogens is 1. The van der Waals surface area contributed by atoms with Crippen molar-refractivity contribution in [2.24, 2.45) is 10.9 Å². The third kappa shape index (κ3) is 6.96. The minimum Gasteiger partial charge on any atom is -0.493 e. The number of hydrazone groups is 1. The van der Waals surface area contributed by atoms with Gasteiger partial charge in [0.25, 0.3) is 0 Å². The summed E-state index contributed by atoms with van der Waals surface area (Å²) in [5.74, 6) is 7.03. The van der Waals surface area contributed by atoms with Gasteiger partial charge in [-0.1, -0.05) is 42.8 Å². The van der Waals surface area contributed by atoms with E-state index in [0.717, 1.165) is 24.8 Å². The van der Waals surface area contributed by atoms with E-state index in [4.69, 9.17) is 31.7 Å². The molecule has 2 aromatic rings. The van der Waals surface area contributed by atoms with Crippen LogP contribution in [-0.4, -0.2) is 35.6 Å². The van der Waals surface area contributed by atoms with Crippen molar-refractivity contribution in [3.8, 4) is 17.2 Å². The Kier molecular flexibility index (Phi) is 9.10. The summed E-state index contributed by atoms with van der Waals surface area (Å²) < 4.78 is 17.7. The van der Waals surface area contributed by atoms with E-state index in [-0.39, 0.29) is 0 Å². The zero-order chi connectivity index (χ0) is 27.0. The molecule has 0 saturated heterocycles. The topological polar surface area (TPSA) is 107 Å². The van der Waals surface area contributed by atoms with Crippen LogP contribution in [0.25, 0.3) is 0 Å². The number of benzene rings is 2. The molecule has 2 aliphatic rings. The van der Waals surface area contributed by atoms with Crippen molar-refractivity contribution in [2.75, 3.05) is 18.3 Å². The molecule has 2 aromatic carbocycles. The minimum absolute atomic E-state index is 0.386. The zero-order valence-corrected chi connectivity index (χ0v) is 21.9. The van der Waals surface area contributed by atoms with Crippen LogP contribution < -0.4 is 25.2 Å². The number of rotatable bonds is 11. The van der Waals surface area contributed by atoms with Gasteiger partial charge in [0.2, 0.25) is 5.60 Å². The van der Waals surface area contributed by atoms with Gasteiger partial charge in [0, 0.05) is 11.4 Å². The first kappa shape index (κ1) is 27.3. The van der Waals surface area contributed by atoms with Crippen LogP contribution in [-0.2, 0) is 4.79 Å². The van der Waals surface area contributed by atoms with Gasteiger partial charge in [-0.05, 0) is 79.8 Å². The molecule has 0 amide bonds. The highest BCUT2D eigenvalue weighted by Crippen LogP contribution is 2.34. The van der Waals surface area contributed by atoms with Crippen LogP contribution >= 0.6 is 11.6 Å². The first-order valence-corrected chi connectivity index (χ1v) is 13.0. The summed E-state index contributed by atoms with van der Waals surface area (Å²) in [5, 5.41) is 15.9. The number of hydrogen-bond donors (Lipinski definition) is 2. The average molecular weight is 538 g/mol. The fourth-order valence-corrected chi connectivity index (χ4v) is 4.48. The van der Waals surface area contributed by atoms with Crippen LogP contribution in [0.2, 0.25) is 5.02 Å². The number of hydrazine groups is 1. The van der Waals surface area contributed by atoms with Gasteiger partial charge in [-0.15, -0.1) is 0 Å². The molecule has 0 bridgehead atoms. The maximum atomic E-state index is 11.8. The van der Waals surface area contributed by atoms with Gasteiger partial charge in [-0.2, -0.15) is 10.2 Å². The second-order valence-corrected chi connectivity index (χ2v) is 9.61. The molecule has 200 valence electrons. The minimum atomic E-state index is -1.14. The van der Waals surface area contributed by atoms with E-state index in [1.165, 1.54) is 5.12 Å². The smallest absolute Gasteiger partial charge is 0.348 e. The maximum Gasteiger partial charge on any atom is 0.348 e. The monoisotopic (exact) mass is 537 g/mol. The lowest BCUT2D eigenvalue weighted by atomic mass is 9.84. The summed E-state index contributed by atoms with van der Waals surface area (Å²) in [4.78, 5) is 11.8. The largest absolute Gasteiger partial charge is 0.493 e. The molecular weight excluding hydrogens is 506 g/mol. The van der Waals surface area contributed by atoms with Crippen LogP contribution in [0, 0.1) is 0 Å². The lowest BCUT2D eigenvalue weighted by Crippen LogP contribution is -2.46. The molecule has 1 fully saturated rings. The SMILES string of the molecule is C=C1C=CC=C/C1=N/N(N)c1cc(Cl)ccc1OCCCOc1ccc(OC2(C(=O)O)CCCCC2)cc1. The van der Waals surface area contributed by atoms with Crippen molar-refractivity contribution in [1.29, 1.82) is 0 Å². The van der Waals surface area contributed by atoms with Crippen molar-refractivity contribution in [3.05, 3.63) is 83.9 Å². The Morgan fingerprint density at radius 2 is 1.71 bits per heavy atom. The molecular formula is C29H32ClN3O5. The summed E-state index contributed by atoms with van der Waals surface area (Å²) >= 11 is 6.19. The number of nitrogens with two attached hydrogens (primary N) is 1. The van der Waals surface area contributed by atoms with Gasteiger partial charge in [0.1, 0.15) is 22.9 Å². The highest BCUT2D eigenvalue weighted by atomic mass is 35.5. The lowest BCUT2D eigenvalue weighted by molar-refractivity contribution is -0.158. The molecule has 0 aromatic heterocycles. The first-order chi connectivity index (χ1) is 18.4. The Morgan fingerprint density at radius 1 is 1.03 bits per heavy atom. The van der Waals surface area contributed by atoms with Gasteiger partial charge >= 0.3 is 5.97 Å². The highest BCUT2D eigenvalue weighted by molar-refractivity contribution is 6.31. The Bertz CT molecular complexity index is 1230. The van der Waals surface area contributed by atoms with Crippen LogP contribution in [0.4, 0.5) is 5.69 Å². The molecule has 9 heteroatoms. The molecule has 1 saturated carbocycles. The Balaban J connectivity index is 1.27. The van der Waals surface area contributed by atoms with E-state index in [1.807, 2.05) is 24.3 Å². The number of carboxylic acid groups (broad SMARTS) is 1. The van der Waals surface area contributed by atoms with Crippen molar-refractivity contribution >= 4 is 29.0 Å².